The van der Waals surface area contributed by atoms with Crippen LogP contribution in [0.5, 0.6) is 0 Å². The Morgan fingerprint density at radius 3 is 2.34 bits per heavy atom. The highest BCUT2D eigenvalue weighted by Crippen LogP contribution is 2.66. The number of fused-ring (bicyclic) bond motifs is 5. The lowest BCUT2D eigenvalue weighted by Gasteiger charge is -2.55. The van der Waals surface area contributed by atoms with Gasteiger partial charge in [0.2, 0.25) is 0 Å². The molecule has 5 rings (SSSR count). The van der Waals surface area contributed by atoms with Gasteiger partial charge in [-0.25, -0.2) is 0 Å². The molecule has 0 radical (unpaired) electrons. The van der Waals surface area contributed by atoms with Gasteiger partial charge in [-0.1, -0.05) is 84.6 Å². The normalized spacial score (nSPS) is 45.8. The highest BCUT2D eigenvalue weighted by atomic mass is 16.7. The number of hydrogen-bond donors (Lipinski definition) is 3. The van der Waals surface area contributed by atoms with Gasteiger partial charge >= 0.3 is 0 Å². The Kier molecular flexibility index (Phi) is 9.54. The molecule has 5 aliphatic rings. The van der Waals surface area contributed by atoms with E-state index in [0.29, 0.717) is 23.7 Å². The molecular weight excluding hydrogens is 512 g/mol. The van der Waals surface area contributed by atoms with Crippen LogP contribution in [0.2, 0.25) is 0 Å². The molecular formula is C36H60O5. The van der Waals surface area contributed by atoms with Crippen molar-refractivity contribution in [3.63, 3.8) is 0 Å². The van der Waals surface area contributed by atoms with Crippen molar-refractivity contribution in [2.75, 3.05) is 0 Å². The van der Waals surface area contributed by atoms with Crippen molar-refractivity contribution in [1.29, 1.82) is 0 Å². The van der Waals surface area contributed by atoms with Gasteiger partial charge in [0, 0.05) is 0 Å². The van der Waals surface area contributed by atoms with Crippen LogP contribution < -0.4 is 0 Å². The molecule has 0 aromatic rings. The Hall–Kier alpha value is -0.720. The number of ether oxygens (including phenoxy) is 2. The van der Waals surface area contributed by atoms with Crippen LogP contribution in [-0.4, -0.2) is 52.1 Å². The van der Waals surface area contributed by atoms with E-state index in [1.54, 1.807) is 5.57 Å². The second kappa shape index (κ2) is 12.3. The number of aliphatic hydroxyl groups excluding tert-OH is 3. The maximum absolute atomic E-state index is 10.6. The average molecular weight is 573 g/mol. The van der Waals surface area contributed by atoms with Crippen molar-refractivity contribution >= 4 is 0 Å². The fourth-order valence-corrected chi connectivity index (χ4v) is 10.3. The third kappa shape index (κ3) is 5.65. The van der Waals surface area contributed by atoms with E-state index in [-0.39, 0.29) is 11.5 Å². The predicted octanol–water partition coefficient (Wildman–Crippen LogP) is 7.19. The quantitative estimate of drug-likeness (QED) is 0.273. The lowest BCUT2D eigenvalue weighted by atomic mass is 9.50. The smallest absolute Gasteiger partial charge is 0.186 e. The Morgan fingerprint density at radius 1 is 0.902 bits per heavy atom. The van der Waals surface area contributed by atoms with E-state index in [1.807, 2.05) is 6.92 Å². The molecule has 1 saturated heterocycles. The molecule has 5 nitrogen and oxygen atoms in total. The lowest BCUT2D eigenvalue weighted by molar-refractivity contribution is -0.309. The molecule has 4 fully saturated rings. The summed E-state index contributed by atoms with van der Waals surface area (Å²) in [5.41, 5.74) is 3.82. The Labute approximate surface area is 250 Å². The summed E-state index contributed by atoms with van der Waals surface area (Å²) in [5, 5.41) is 31.2. The molecule has 3 saturated carbocycles. The molecule has 0 aromatic heterocycles. The molecule has 0 bridgehead atoms. The number of hydrogen-bond acceptors (Lipinski definition) is 5. The number of rotatable bonds is 9. The molecule has 13 atom stereocenters. The summed E-state index contributed by atoms with van der Waals surface area (Å²) < 4.78 is 12.2. The first-order valence-corrected chi connectivity index (χ1v) is 17.2. The maximum atomic E-state index is 10.6. The zero-order valence-corrected chi connectivity index (χ0v) is 27.0. The van der Waals surface area contributed by atoms with Crippen molar-refractivity contribution < 1.29 is 24.8 Å². The van der Waals surface area contributed by atoms with E-state index < -0.39 is 30.7 Å². The van der Waals surface area contributed by atoms with Crippen LogP contribution in [0.1, 0.15) is 119 Å². The Morgan fingerprint density at radius 2 is 1.66 bits per heavy atom. The fraction of sp³-hybridized carbons (Fsp3) is 0.889. The van der Waals surface area contributed by atoms with Gasteiger partial charge in [-0.15, -0.1) is 0 Å². The molecule has 41 heavy (non-hydrogen) atoms. The van der Waals surface area contributed by atoms with Crippen molar-refractivity contribution in [3.05, 3.63) is 23.3 Å². The minimum atomic E-state index is -1.25. The summed E-state index contributed by atoms with van der Waals surface area (Å²) >= 11 is 0. The van der Waals surface area contributed by atoms with Crippen LogP contribution in [0.25, 0.3) is 0 Å². The summed E-state index contributed by atoms with van der Waals surface area (Å²) in [4.78, 5) is 0. The topological polar surface area (TPSA) is 79.2 Å². The first kappa shape index (κ1) is 31.7. The van der Waals surface area contributed by atoms with E-state index in [0.717, 1.165) is 42.9 Å². The third-order valence-corrected chi connectivity index (χ3v) is 13.1. The summed E-state index contributed by atoms with van der Waals surface area (Å²) in [6, 6.07) is 0. The molecule has 1 aliphatic heterocycles. The molecule has 5 heteroatoms. The van der Waals surface area contributed by atoms with Crippen molar-refractivity contribution in [2.45, 2.75) is 156 Å². The molecule has 0 unspecified atom stereocenters. The van der Waals surface area contributed by atoms with E-state index >= 15 is 0 Å². The second-order valence-electron chi connectivity index (χ2n) is 15.5. The molecule has 0 aromatic carbocycles. The summed E-state index contributed by atoms with van der Waals surface area (Å²) in [6.07, 6.45) is 12.7. The summed E-state index contributed by atoms with van der Waals surface area (Å²) in [5.74, 6) is 4.63. The van der Waals surface area contributed by atoms with Crippen molar-refractivity contribution in [3.8, 4) is 0 Å². The SMILES string of the molecule is CC[C@H](CC[C@@H](C)[C@H]1CC[C@H]2C3=CC=C4C[C@@H](O[C@@H]5O[C@H](CC)[C@@H](O)[C@H](O)[C@H]5O)CC[C@]4(C)[C@H]3CC[C@]12C)C(C)C. The Bertz CT molecular complexity index is 971. The zero-order valence-electron chi connectivity index (χ0n) is 27.0. The maximum Gasteiger partial charge on any atom is 0.186 e. The fourth-order valence-electron chi connectivity index (χ4n) is 10.3. The molecule has 3 N–H and O–H groups in total. The minimum absolute atomic E-state index is 0.0489. The largest absolute Gasteiger partial charge is 0.388 e. The van der Waals surface area contributed by atoms with Crippen molar-refractivity contribution in [1.82, 2.24) is 0 Å². The van der Waals surface area contributed by atoms with Gasteiger partial charge in [-0.3, -0.25) is 0 Å². The Balaban J connectivity index is 1.27. The second-order valence-corrected chi connectivity index (χ2v) is 15.5. The van der Waals surface area contributed by atoms with Crippen molar-refractivity contribution in [2.24, 2.45) is 46.3 Å². The van der Waals surface area contributed by atoms with Gasteiger partial charge in [0.05, 0.1) is 12.2 Å². The average Bonchev–Trinajstić information content (AvgIpc) is 3.30. The molecule has 4 aliphatic carbocycles. The highest BCUT2D eigenvalue weighted by molar-refractivity contribution is 5.39. The molecule has 0 spiro atoms. The molecule has 1 heterocycles. The third-order valence-electron chi connectivity index (χ3n) is 13.1. The van der Waals surface area contributed by atoms with E-state index in [2.05, 4.69) is 53.7 Å². The first-order chi connectivity index (χ1) is 19.4. The van der Waals surface area contributed by atoms with Gasteiger partial charge in [0.25, 0.3) is 0 Å². The van der Waals surface area contributed by atoms with Crippen LogP contribution in [0.15, 0.2) is 23.3 Å². The van der Waals surface area contributed by atoms with E-state index in [4.69, 9.17) is 9.47 Å². The predicted molar refractivity (Wildman–Crippen MR) is 164 cm³/mol. The minimum Gasteiger partial charge on any atom is -0.388 e. The molecule has 234 valence electrons. The van der Waals surface area contributed by atoms with Crippen LogP contribution in [0, 0.1) is 46.3 Å². The molecule has 0 amide bonds. The van der Waals surface area contributed by atoms with Crippen LogP contribution in [-0.2, 0) is 9.47 Å². The van der Waals surface area contributed by atoms with E-state index in [1.165, 1.54) is 50.5 Å². The van der Waals surface area contributed by atoms with Gasteiger partial charge in [0.15, 0.2) is 6.29 Å². The summed E-state index contributed by atoms with van der Waals surface area (Å²) in [6.45, 7) is 16.8. The zero-order chi connectivity index (χ0) is 29.7. The monoisotopic (exact) mass is 572 g/mol. The summed E-state index contributed by atoms with van der Waals surface area (Å²) in [7, 11) is 0. The van der Waals surface area contributed by atoms with Crippen LogP contribution in [0.4, 0.5) is 0 Å². The lowest BCUT2D eigenvalue weighted by Crippen LogP contribution is -2.58. The number of allylic oxidation sites excluding steroid dienone is 3. The van der Waals surface area contributed by atoms with Crippen LogP contribution in [0.3, 0.4) is 0 Å². The first-order valence-electron chi connectivity index (χ1n) is 17.2. The standard InChI is InChI=1S/C36H60O5/c1-8-23(21(3)4)11-10-22(5)27-14-15-28-26-13-12-24-20-25(16-18-35(24,6)29(26)17-19-36(27,28)7)40-34-33(39)32(38)31(37)30(9-2)41-34/h12-13,21-23,25,27-34,37-39H,8-11,14-20H2,1-7H3/t22-,23-,25+,27-,28+,29+,30-,31-,32+,33-,34-,35+,36-/m1/s1. The number of aliphatic hydroxyl groups is 3. The van der Waals surface area contributed by atoms with Crippen LogP contribution >= 0.6 is 0 Å². The van der Waals surface area contributed by atoms with E-state index in [9.17, 15) is 15.3 Å². The highest BCUT2D eigenvalue weighted by Gasteiger charge is 2.57. The van der Waals surface area contributed by atoms with Gasteiger partial charge < -0.3 is 24.8 Å². The van der Waals surface area contributed by atoms with Gasteiger partial charge in [-0.05, 0) is 104 Å². The van der Waals surface area contributed by atoms with Gasteiger partial charge in [-0.2, -0.15) is 0 Å². The van der Waals surface area contributed by atoms with Gasteiger partial charge in [0.1, 0.15) is 18.3 Å².